The summed E-state index contributed by atoms with van der Waals surface area (Å²) in [6.45, 7) is 4.80. The van der Waals surface area contributed by atoms with E-state index in [1.165, 1.54) is 43.5 Å². The van der Waals surface area contributed by atoms with Crippen molar-refractivity contribution in [2.75, 3.05) is 6.61 Å². The predicted octanol–water partition coefficient (Wildman–Crippen LogP) is 4.13. The van der Waals surface area contributed by atoms with Gasteiger partial charge < -0.3 is 14.4 Å². The summed E-state index contributed by atoms with van der Waals surface area (Å²) in [6.07, 6.45) is 3.71. The molecule has 1 saturated carbocycles. The van der Waals surface area contributed by atoms with Gasteiger partial charge in [0.15, 0.2) is 0 Å². The number of carbonyl (C=O) groups is 1. The maximum Gasteiger partial charge on any atom is 0.322 e. The van der Waals surface area contributed by atoms with Crippen LogP contribution in [0.3, 0.4) is 0 Å². The van der Waals surface area contributed by atoms with E-state index in [0.29, 0.717) is 11.7 Å². The van der Waals surface area contributed by atoms with Crippen LogP contribution in [0.4, 0.5) is 0 Å². The van der Waals surface area contributed by atoms with E-state index in [4.69, 9.17) is 4.74 Å². The van der Waals surface area contributed by atoms with Gasteiger partial charge >= 0.3 is 5.97 Å². The number of carboxylic acids is 1. The fraction of sp³-hybridized carbons (Fsp3) is 0.370. The zero-order chi connectivity index (χ0) is 25.0. The second-order valence-corrected chi connectivity index (χ2v) is 10.6. The minimum atomic E-state index is -4.06. The molecule has 184 valence electrons. The van der Waals surface area contributed by atoms with Crippen LogP contribution in [-0.2, 0) is 27.8 Å². The summed E-state index contributed by atoms with van der Waals surface area (Å²) in [5, 5.41) is 10.9. The molecule has 1 aromatic heterocycles. The molecule has 2 N–H and O–H groups in total. The molecule has 1 aliphatic carbocycles. The van der Waals surface area contributed by atoms with E-state index in [0.717, 1.165) is 28.7 Å². The van der Waals surface area contributed by atoms with E-state index in [2.05, 4.69) is 21.1 Å². The minimum Gasteiger partial charge on any atom is -0.481 e. The minimum absolute atomic E-state index is 0.0261. The Morgan fingerprint density at radius 2 is 1.91 bits per heavy atom. The van der Waals surface area contributed by atoms with Gasteiger partial charge in [0.05, 0.1) is 4.90 Å². The highest BCUT2D eigenvalue weighted by atomic mass is 32.2. The average molecular weight is 495 g/mol. The number of aromatic nitrogens is 1. The first-order valence-corrected chi connectivity index (χ1v) is 13.2. The zero-order valence-electron chi connectivity index (χ0n) is 20.0. The molecule has 2 aromatic carbocycles. The Balaban J connectivity index is 1.57. The van der Waals surface area contributed by atoms with Gasteiger partial charge in [0, 0.05) is 29.6 Å². The summed E-state index contributed by atoms with van der Waals surface area (Å²) >= 11 is 0. The monoisotopic (exact) mass is 494 g/mol. The van der Waals surface area contributed by atoms with Gasteiger partial charge in [-0.1, -0.05) is 30.5 Å². The number of nitrogens with one attached hydrogen (secondary N) is 1. The number of fused-ring (bicyclic) bond motifs is 1. The molecule has 1 heterocycles. The highest BCUT2D eigenvalue weighted by Gasteiger charge is 2.29. The summed E-state index contributed by atoms with van der Waals surface area (Å²) in [5.74, 6) is 5.38. The van der Waals surface area contributed by atoms with Crippen LogP contribution in [0, 0.1) is 24.7 Å². The Labute approximate surface area is 206 Å². The Bertz CT molecular complexity index is 1380. The van der Waals surface area contributed by atoms with Crippen molar-refractivity contribution in [1.82, 2.24) is 9.29 Å². The van der Waals surface area contributed by atoms with Crippen molar-refractivity contribution < 1.29 is 23.1 Å². The molecule has 0 amide bonds. The van der Waals surface area contributed by atoms with Crippen molar-refractivity contribution in [2.24, 2.45) is 5.92 Å². The van der Waals surface area contributed by atoms with E-state index in [-0.39, 0.29) is 17.9 Å². The lowest BCUT2D eigenvalue weighted by Crippen LogP contribution is -2.42. The molecule has 0 aliphatic heterocycles. The molecule has 35 heavy (non-hydrogen) atoms. The zero-order valence-corrected chi connectivity index (χ0v) is 20.8. The summed E-state index contributed by atoms with van der Waals surface area (Å²) in [5.41, 5.74) is 2.90. The third kappa shape index (κ3) is 5.53. The largest absolute Gasteiger partial charge is 0.481 e. The SMILES string of the molecule is CC#CCOc1ccc(S(=O)(=O)N[C@@H](Cc2c(C)n(CC3CCC3)c3ccccc23)C(=O)O)cc1. The maximum atomic E-state index is 13.0. The highest BCUT2D eigenvalue weighted by molar-refractivity contribution is 7.89. The second-order valence-electron chi connectivity index (χ2n) is 8.89. The van der Waals surface area contributed by atoms with Gasteiger partial charge in [0.25, 0.3) is 0 Å². The average Bonchev–Trinajstić information content (AvgIpc) is 3.07. The van der Waals surface area contributed by atoms with Crippen molar-refractivity contribution in [2.45, 2.75) is 57.0 Å². The highest BCUT2D eigenvalue weighted by Crippen LogP contribution is 2.33. The molecular weight excluding hydrogens is 464 g/mol. The molecule has 0 spiro atoms. The summed E-state index contributed by atoms with van der Waals surface area (Å²) in [4.78, 5) is 12.1. The number of benzene rings is 2. The molecular formula is C27H30N2O5S. The van der Waals surface area contributed by atoms with Gasteiger partial charge in [-0.05, 0) is 68.5 Å². The van der Waals surface area contributed by atoms with Gasteiger partial charge in [0.1, 0.15) is 18.4 Å². The molecule has 3 aromatic rings. The second kappa shape index (κ2) is 10.5. The molecule has 1 aliphatic rings. The molecule has 0 radical (unpaired) electrons. The van der Waals surface area contributed by atoms with Crippen molar-refractivity contribution in [1.29, 1.82) is 0 Å². The number of aliphatic carboxylic acids is 1. The number of nitrogens with zero attached hydrogens (tertiary/aromatic N) is 1. The van der Waals surface area contributed by atoms with Crippen molar-refractivity contribution in [3.63, 3.8) is 0 Å². The molecule has 1 fully saturated rings. The molecule has 0 unspecified atom stereocenters. The normalized spacial score (nSPS) is 14.7. The number of sulfonamides is 1. The quantitative estimate of drug-likeness (QED) is 0.413. The van der Waals surface area contributed by atoms with Gasteiger partial charge in [-0.2, -0.15) is 4.72 Å². The van der Waals surface area contributed by atoms with E-state index in [1.54, 1.807) is 6.92 Å². The third-order valence-electron chi connectivity index (χ3n) is 6.65. The van der Waals surface area contributed by atoms with E-state index in [9.17, 15) is 18.3 Å². The molecule has 7 nitrogen and oxygen atoms in total. The third-order valence-corrected chi connectivity index (χ3v) is 8.14. The number of ether oxygens (including phenoxy) is 1. The summed E-state index contributed by atoms with van der Waals surface area (Å²) < 4.78 is 36.1. The van der Waals surface area contributed by atoms with Crippen molar-refractivity contribution >= 4 is 26.9 Å². The molecule has 0 bridgehead atoms. The van der Waals surface area contributed by atoms with Gasteiger partial charge in [-0.3, -0.25) is 4.79 Å². The van der Waals surface area contributed by atoms with Crippen LogP contribution in [0.15, 0.2) is 53.4 Å². The van der Waals surface area contributed by atoms with E-state index < -0.39 is 22.0 Å². The molecule has 0 saturated heterocycles. The number of rotatable bonds is 10. The Kier molecular flexibility index (Phi) is 7.48. The van der Waals surface area contributed by atoms with Crippen LogP contribution < -0.4 is 9.46 Å². The van der Waals surface area contributed by atoms with Crippen molar-refractivity contribution in [3.8, 4) is 17.6 Å². The first kappa shape index (κ1) is 24.8. The van der Waals surface area contributed by atoms with Gasteiger partial charge in [-0.15, -0.1) is 5.92 Å². The number of para-hydroxylation sites is 1. The molecule has 1 atom stereocenters. The Hall–Kier alpha value is -3.28. The van der Waals surface area contributed by atoms with Crippen molar-refractivity contribution in [3.05, 3.63) is 59.8 Å². The predicted molar refractivity (Wildman–Crippen MR) is 135 cm³/mol. The molecule has 8 heteroatoms. The summed E-state index contributed by atoms with van der Waals surface area (Å²) in [6, 6.07) is 12.5. The number of hydrogen-bond donors (Lipinski definition) is 2. The fourth-order valence-electron chi connectivity index (χ4n) is 4.47. The lowest BCUT2D eigenvalue weighted by atomic mass is 9.85. The summed E-state index contributed by atoms with van der Waals surface area (Å²) in [7, 11) is -4.06. The van der Waals surface area contributed by atoms with Gasteiger partial charge in [0.2, 0.25) is 10.0 Å². The fourth-order valence-corrected chi connectivity index (χ4v) is 5.66. The number of carboxylic acid groups (broad SMARTS) is 1. The van der Waals surface area contributed by atoms with E-state index >= 15 is 0 Å². The maximum absolute atomic E-state index is 13.0. The van der Waals surface area contributed by atoms with Crippen LogP contribution >= 0.6 is 0 Å². The van der Waals surface area contributed by atoms with Crippen LogP contribution in [0.5, 0.6) is 5.75 Å². The first-order chi connectivity index (χ1) is 16.8. The van der Waals surface area contributed by atoms with Crippen LogP contribution in [0.2, 0.25) is 0 Å². The number of hydrogen-bond acceptors (Lipinski definition) is 4. The lowest BCUT2D eigenvalue weighted by Gasteiger charge is -2.27. The first-order valence-electron chi connectivity index (χ1n) is 11.7. The van der Waals surface area contributed by atoms with Crippen LogP contribution in [-0.4, -0.2) is 36.7 Å². The Morgan fingerprint density at radius 1 is 1.20 bits per heavy atom. The molecule has 4 rings (SSSR count). The standard InChI is InChI=1S/C27H30N2O5S/c1-3-4-16-34-21-12-14-22(15-13-21)35(32,33)28-25(27(30)31)17-24-19(2)29(18-20-8-7-9-20)26-11-6-5-10-23(24)26/h5-6,10-15,20,25,28H,7-9,16-18H2,1-2H3,(H,30,31)/t25-/m0/s1. The van der Waals surface area contributed by atoms with Crippen LogP contribution in [0.1, 0.15) is 37.4 Å². The smallest absolute Gasteiger partial charge is 0.322 e. The Morgan fingerprint density at radius 3 is 2.54 bits per heavy atom. The van der Waals surface area contributed by atoms with Crippen LogP contribution in [0.25, 0.3) is 10.9 Å². The topological polar surface area (TPSA) is 97.6 Å². The van der Waals surface area contributed by atoms with Gasteiger partial charge in [-0.25, -0.2) is 8.42 Å². The van der Waals surface area contributed by atoms with E-state index in [1.807, 2.05) is 31.2 Å². The lowest BCUT2D eigenvalue weighted by molar-refractivity contribution is -0.138.